The van der Waals surface area contributed by atoms with Crippen LogP contribution in [0.4, 0.5) is 5.69 Å². The Balaban J connectivity index is 2.86. The Labute approximate surface area is 114 Å². The number of hydrogen-bond acceptors (Lipinski definition) is 7. The van der Waals surface area contributed by atoms with Gasteiger partial charge in [0.1, 0.15) is 0 Å². The molecule has 0 saturated carbocycles. The normalized spacial score (nSPS) is 10.2. The number of nitro groups is 1. The van der Waals surface area contributed by atoms with E-state index in [2.05, 4.69) is 9.72 Å². The van der Waals surface area contributed by atoms with Crippen LogP contribution >= 0.6 is 12.0 Å². The molecule has 19 heavy (non-hydrogen) atoms. The van der Waals surface area contributed by atoms with Crippen molar-refractivity contribution in [3.05, 3.63) is 27.9 Å². The van der Waals surface area contributed by atoms with E-state index >= 15 is 0 Å². The molecule has 0 radical (unpaired) electrons. The van der Waals surface area contributed by atoms with Gasteiger partial charge in [0, 0.05) is 12.3 Å². The van der Waals surface area contributed by atoms with Gasteiger partial charge < -0.3 is 8.92 Å². The van der Waals surface area contributed by atoms with E-state index in [1.165, 1.54) is 13.3 Å². The minimum atomic E-state index is -0.668. The quantitative estimate of drug-likeness (QED) is 0.250. The van der Waals surface area contributed by atoms with Crippen LogP contribution in [0.1, 0.15) is 30.1 Å². The number of pyridine rings is 1. The monoisotopic (exact) mass is 286 g/mol. The molecule has 1 aromatic heterocycles. The number of esters is 1. The summed E-state index contributed by atoms with van der Waals surface area (Å²) < 4.78 is 9.70. The fourth-order valence-corrected chi connectivity index (χ4v) is 1.79. The Morgan fingerprint density at radius 3 is 2.89 bits per heavy atom. The summed E-state index contributed by atoms with van der Waals surface area (Å²) in [6.07, 6.45) is 3.06. The predicted octanol–water partition coefficient (Wildman–Crippen LogP) is 2.60. The van der Waals surface area contributed by atoms with E-state index in [0.29, 0.717) is 6.61 Å². The van der Waals surface area contributed by atoms with Crippen LogP contribution in [0, 0.1) is 10.1 Å². The Morgan fingerprint density at radius 2 is 2.32 bits per heavy atom. The average Bonchev–Trinajstić information content (AvgIpc) is 2.42. The topological polar surface area (TPSA) is 91.6 Å². The largest absolute Gasteiger partial charge is 0.465 e. The van der Waals surface area contributed by atoms with Gasteiger partial charge in [-0.3, -0.25) is 10.1 Å². The molecule has 1 heterocycles. The van der Waals surface area contributed by atoms with Crippen molar-refractivity contribution in [1.29, 1.82) is 0 Å². The molecule has 0 N–H and O–H groups in total. The molecule has 0 fully saturated rings. The first-order chi connectivity index (χ1) is 9.10. The zero-order valence-corrected chi connectivity index (χ0v) is 11.4. The van der Waals surface area contributed by atoms with Crippen molar-refractivity contribution in [2.75, 3.05) is 13.7 Å². The predicted molar refractivity (Wildman–Crippen MR) is 68.9 cm³/mol. The lowest BCUT2D eigenvalue weighted by Crippen LogP contribution is -2.04. The number of carbonyl (C=O) groups excluding carboxylic acids is 1. The second-order valence-electron chi connectivity index (χ2n) is 3.56. The zero-order chi connectivity index (χ0) is 14.3. The third-order valence-corrected chi connectivity index (χ3v) is 2.93. The van der Waals surface area contributed by atoms with Gasteiger partial charge in [0.15, 0.2) is 0 Å². The summed E-state index contributed by atoms with van der Waals surface area (Å²) in [6.45, 7) is 2.50. The Bertz CT molecular complexity index is 466. The number of ether oxygens (including phenoxy) is 1. The number of hydrogen-bond donors (Lipinski definition) is 0. The van der Waals surface area contributed by atoms with Crippen molar-refractivity contribution < 1.29 is 18.6 Å². The van der Waals surface area contributed by atoms with Crippen LogP contribution in [0.5, 0.6) is 0 Å². The molecule has 0 aliphatic heterocycles. The lowest BCUT2D eigenvalue weighted by atomic mass is 10.3. The lowest BCUT2D eigenvalue weighted by Gasteiger charge is -2.04. The molecule has 0 unspecified atom stereocenters. The van der Waals surface area contributed by atoms with E-state index in [0.717, 1.165) is 31.0 Å². The molecule has 1 rings (SSSR count). The van der Waals surface area contributed by atoms with Gasteiger partial charge in [-0.25, -0.2) is 9.78 Å². The van der Waals surface area contributed by atoms with Crippen LogP contribution < -0.4 is 0 Å². The molecular weight excluding hydrogens is 272 g/mol. The van der Waals surface area contributed by atoms with Crippen LogP contribution in [0.2, 0.25) is 0 Å². The maximum Gasteiger partial charge on any atom is 0.339 e. The van der Waals surface area contributed by atoms with Crippen LogP contribution in [-0.4, -0.2) is 29.6 Å². The summed E-state index contributed by atoms with van der Waals surface area (Å²) in [6, 6.07) is 1.13. The molecule has 8 heteroatoms. The first kappa shape index (κ1) is 15.4. The summed E-state index contributed by atoms with van der Waals surface area (Å²) in [5.41, 5.74) is -0.239. The van der Waals surface area contributed by atoms with Crippen LogP contribution in [0.25, 0.3) is 0 Å². The Morgan fingerprint density at radius 1 is 1.58 bits per heavy atom. The maximum atomic E-state index is 11.3. The van der Waals surface area contributed by atoms with E-state index in [-0.39, 0.29) is 16.3 Å². The van der Waals surface area contributed by atoms with Gasteiger partial charge in [0.2, 0.25) is 5.03 Å². The standard InChI is InChI=1S/C11H14N2O5S/c1-3-4-5-18-19-10-9(13(15)16)6-8(7-12-10)11(14)17-2/h6-7H,3-5H2,1-2H3. The van der Waals surface area contributed by atoms with Crippen molar-refractivity contribution in [3.63, 3.8) is 0 Å². The molecular formula is C11H14N2O5S. The van der Waals surface area contributed by atoms with Gasteiger partial charge in [-0.15, -0.1) is 0 Å². The highest BCUT2D eigenvalue weighted by atomic mass is 32.2. The van der Waals surface area contributed by atoms with Crippen molar-refractivity contribution in [2.45, 2.75) is 24.8 Å². The minimum absolute atomic E-state index is 0.0344. The fraction of sp³-hybridized carbons (Fsp3) is 0.455. The van der Waals surface area contributed by atoms with Crippen molar-refractivity contribution in [2.24, 2.45) is 0 Å². The summed E-state index contributed by atoms with van der Waals surface area (Å²) in [7, 11) is 1.20. The van der Waals surface area contributed by atoms with Crippen LogP contribution in [0.3, 0.4) is 0 Å². The van der Waals surface area contributed by atoms with E-state index in [9.17, 15) is 14.9 Å². The third kappa shape index (κ3) is 4.49. The number of nitrogens with zero attached hydrogens (tertiary/aromatic N) is 2. The van der Waals surface area contributed by atoms with Gasteiger partial charge in [-0.1, -0.05) is 13.3 Å². The highest BCUT2D eigenvalue weighted by molar-refractivity contribution is 7.94. The van der Waals surface area contributed by atoms with Gasteiger partial charge in [0.25, 0.3) is 0 Å². The Hall–Kier alpha value is -1.67. The molecule has 1 aromatic rings. The summed E-state index contributed by atoms with van der Waals surface area (Å²) in [4.78, 5) is 25.5. The highest BCUT2D eigenvalue weighted by Gasteiger charge is 2.20. The highest BCUT2D eigenvalue weighted by Crippen LogP contribution is 2.28. The van der Waals surface area contributed by atoms with Crippen LogP contribution in [-0.2, 0) is 8.92 Å². The second-order valence-corrected chi connectivity index (χ2v) is 4.34. The van der Waals surface area contributed by atoms with Gasteiger partial charge in [-0.05, 0) is 6.42 Å². The van der Waals surface area contributed by atoms with Gasteiger partial charge in [0.05, 0.1) is 36.2 Å². The minimum Gasteiger partial charge on any atom is -0.465 e. The molecule has 0 spiro atoms. The molecule has 0 aliphatic rings. The number of methoxy groups -OCH3 is 1. The summed E-state index contributed by atoms with van der Waals surface area (Å²) in [5.74, 6) is -0.668. The maximum absolute atomic E-state index is 11.3. The number of carbonyl (C=O) groups is 1. The van der Waals surface area contributed by atoms with Crippen molar-refractivity contribution >= 4 is 23.7 Å². The number of unbranched alkanes of at least 4 members (excludes halogenated alkanes) is 1. The first-order valence-corrected chi connectivity index (χ1v) is 6.36. The number of rotatable bonds is 7. The summed E-state index contributed by atoms with van der Waals surface area (Å²) in [5, 5.41) is 11.0. The van der Waals surface area contributed by atoms with Gasteiger partial charge >= 0.3 is 11.7 Å². The lowest BCUT2D eigenvalue weighted by molar-refractivity contribution is -0.388. The van der Waals surface area contributed by atoms with E-state index in [1.54, 1.807) is 0 Å². The molecule has 0 saturated heterocycles. The molecule has 0 atom stereocenters. The molecule has 0 bridgehead atoms. The van der Waals surface area contributed by atoms with E-state index < -0.39 is 10.9 Å². The van der Waals surface area contributed by atoms with E-state index in [4.69, 9.17) is 4.18 Å². The molecule has 7 nitrogen and oxygen atoms in total. The second kappa shape index (κ2) is 7.70. The average molecular weight is 286 g/mol. The molecule has 0 aromatic carbocycles. The molecule has 104 valence electrons. The molecule has 0 aliphatic carbocycles. The van der Waals surface area contributed by atoms with E-state index in [1.807, 2.05) is 6.92 Å². The SMILES string of the molecule is CCCCOSc1ncc(C(=O)OC)cc1[N+](=O)[O-]. The zero-order valence-electron chi connectivity index (χ0n) is 10.6. The smallest absolute Gasteiger partial charge is 0.339 e. The van der Waals surface area contributed by atoms with Crippen molar-refractivity contribution in [1.82, 2.24) is 4.98 Å². The summed E-state index contributed by atoms with van der Waals surface area (Å²) >= 11 is 0.838. The number of aromatic nitrogens is 1. The van der Waals surface area contributed by atoms with Crippen molar-refractivity contribution in [3.8, 4) is 0 Å². The first-order valence-electron chi connectivity index (χ1n) is 5.62. The van der Waals surface area contributed by atoms with Crippen LogP contribution in [0.15, 0.2) is 17.3 Å². The molecule has 0 amide bonds. The third-order valence-electron chi connectivity index (χ3n) is 2.17. The van der Waals surface area contributed by atoms with Gasteiger partial charge in [-0.2, -0.15) is 0 Å². The fourth-order valence-electron chi connectivity index (χ4n) is 1.17. The Kier molecular flexibility index (Phi) is 6.23.